The fraction of sp³-hybridized carbons (Fsp3) is 0.579. The molecule has 0 bridgehead atoms. The second kappa shape index (κ2) is 9.71. The first kappa shape index (κ1) is 20.3. The molecule has 1 aromatic heterocycles. The van der Waals surface area contributed by atoms with Crippen molar-refractivity contribution in [3.05, 3.63) is 35.7 Å². The zero-order valence-corrected chi connectivity index (χ0v) is 18.0. The number of hydrogen-bond donors (Lipinski definition) is 0. The maximum Gasteiger partial charge on any atom is 0.409 e. The molecule has 0 saturated carbocycles. The van der Waals surface area contributed by atoms with E-state index in [1.54, 1.807) is 4.90 Å². The number of likely N-dealkylation sites (tertiary alicyclic amines) is 1. The van der Waals surface area contributed by atoms with Gasteiger partial charge in [0.1, 0.15) is 12.4 Å². The predicted octanol–water partition coefficient (Wildman–Crippen LogP) is 3.52. The van der Waals surface area contributed by atoms with E-state index in [1.807, 2.05) is 47.3 Å². The molecule has 2 aliphatic rings. The molecular weight excluding hydrogens is 410 g/mol. The lowest BCUT2D eigenvalue weighted by atomic mass is 10.1. The largest absolute Gasteiger partial charge is 0.486 e. The van der Waals surface area contributed by atoms with Crippen molar-refractivity contribution in [1.82, 2.24) is 25.1 Å². The number of carbonyl (C=O) groups excluding carboxylic acids is 1. The number of thioether (sulfide) groups is 2. The van der Waals surface area contributed by atoms with Crippen LogP contribution in [0.2, 0.25) is 0 Å². The highest BCUT2D eigenvalue weighted by Gasteiger charge is 2.27. The van der Waals surface area contributed by atoms with Gasteiger partial charge in [-0.1, -0.05) is 12.1 Å². The van der Waals surface area contributed by atoms with Gasteiger partial charge in [0.2, 0.25) is 0 Å². The lowest BCUT2D eigenvalue weighted by Gasteiger charge is -2.31. The third-order valence-electron chi connectivity index (χ3n) is 5.04. The van der Waals surface area contributed by atoms with Crippen LogP contribution in [0, 0.1) is 0 Å². The zero-order chi connectivity index (χ0) is 20.1. The van der Waals surface area contributed by atoms with Crippen molar-refractivity contribution in [2.75, 3.05) is 31.2 Å². The smallest absolute Gasteiger partial charge is 0.409 e. The highest BCUT2D eigenvalue weighted by atomic mass is 32.2. The summed E-state index contributed by atoms with van der Waals surface area (Å²) >= 11 is 3.99. The molecular formula is C19H25N5O3S2. The molecule has 2 fully saturated rings. The molecule has 8 nitrogen and oxygen atoms in total. The Morgan fingerprint density at radius 1 is 1.17 bits per heavy atom. The van der Waals surface area contributed by atoms with Crippen molar-refractivity contribution < 1.29 is 14.3 Å². The average molecular weight is 436 g/mol. The van der Waals surface area contributed by atoms with Gasteiger partial charge in [-0.25, -0.2) is 9.48 Å². The van der Waals surface area contributed by atoms with Crippen LogP contribution in [0.4, 0.5) is 4.79 Å². The predicted molar refractivity (Wildman–Crippen MR) is 113 cm³/mol. The number of ether oxygens (including phenoxy) is 2. The van der Waals surface area contributed by atoms with Gasteiger partial charge in [0.15, 0.2) is 5.82 Å². The van der Waals surface area contributed by atoms with Crippen LogP contribution in [-0.4, -0.2) is 62.4 Å². The minimum absolute atomic E-state index is 0.160. The van der Waals surface area contributed by atoms with E-state index in [2.05, 4.69) is 27.7 Å². The fourth-order valence-electron chi connectivity index (χ4n) is 3.52. The van der Waals surface area contributed by atoms with E-state index in [9.17, 15) is 4.79 Å². The summed E-state index contributed by atoms with van der Waals surface area (Å²) in [5.41, 5.74) is 1.34. The summed E-state index contributed by atoms with van der Waals surface area (Å²) in [5, 5.41) is 12.1. The molecule has 1 amide bonds. The maximum absolute atomic E-state index is 11.9. The summed E-state index contributed by atoms with van der Waals surface area (Å²) in [4.78, 5) is 13.6. The molecule has 0 spiro atoms. The van der Waals surface area contributed by atoms with E-state index in [4.69, 9.17) is 9.47 Å². The van der Waals surface area contributed by atoms with Gasteiger partial charge in [0, 0.05) is 24.6 Å². The van der Waals surface area contributed by atoms with Crippen LogP contribution in [0.5, 0.6) is 5.75 Å². The minimum Gasteiger partial charge on any atom is -0.486 e. The van der Waals surface area contributed by atoms with Crippen molar-refractivity contribution in [2.24, 2.45) is 0 Å². The Kier molecular flexibility index (Phi) is 6.81. The molecule has 0 atom stereocenters. The van der Waals surface area contributed by atoms with Gasteiger partial charge < -0.3 is 14.4 Å². The van der Waals surface area contributed by atoms with Crippen molar-refractivity contribution >= 4 is 29.6 Å². The van der Waals surface area contributed by atoms with Gasteiger partial charge in [-0.15, -0.1) is 28.6 Å². The molecule has 29 heavy (non-hydrogen) atoms. The summed E-state index contributed by atoms with van der Waals surface area (Å²) in [6.45, 7) is 3.81. The maximum atomic E-state index is 11.9. The van der Waals surface area contributed by atoms with E-state index >= 15 is 0 Å². The highest BCUT2D eigenvalue weighted by Crippen LogP contribution is 2.45. The summed E-state index contributed by atoms with van der Waals surface area (Å²) in [6, 6.07) is 8.47. The van der Waals surface area contributed by atoms with Crippen molar-refractivity contribution in [3.63, 3.8) is 0 Å². The van der Waals surface area contributed by atoms with Gasteiger partial charge in [0.25, 0.3) is 0 Å². The first-order chi connectivity index (χ1) is 14.2. The Hall–Kier alpha value is -1.94. The molecule has 156 valence electrons. The molecule has 0 aliphatic carbocycles. The van der Waals surface area contributed by atoms with Crippen LogP contribution in [0.3, 0.4) is 0 Å². The normalized spacial score (nSPS) is 18.2. The number of carbonyl (C=O) groups is 1. The number of benzene rings is 1. The first-order valence-corrected chi connectivity index (χ1v) is 12.0. The Balaban J connectivity index is 1.31. The molecule has 3 heterocycles. The van der Waals surface area contributed by atoms with E-state index in [0.29, 0.717) is 36.7 Å². The molecule has 2 saturated heterocycles. The lowest BCUT2D eigenvalue weighted by molar-refractivity contribution is 0.0906. The third kappa shape index (κ3) is 4.98. The quantitative estimate of drug-likeness (QED) is 0.682. The third-order valence-corrected chi connectivity index (χ3v) is 8.14. The zero-order valence-electron chi connectivity index (χ0n) is 16.4. The van der Waals surface area contributed by atoms with Crippen molar-refractivity contribution in [2.45, 2.75) is 37.0 Å². The number of hydrogen-bond acceptors (Lipinski definition) is 8. The molecule has 10 heteroatoms. The SMILES string of the molecule is CCOC(=O)N1CCC(n2nnnc2COc2ccc(C3SCCS3)cc2)CC1. The van der Waals surface area contributed by atoms with E-state index in [1.165, 1.54) is 17.1 Å². The van der Waals surface area contributed by atoms with Crippen molar-refractivity contribution in [1.29, 1.82) is 0 Å². The van der Waals surface area contributed by atoms with Crippen LogP contribution >= 0.6 is 23.5 Å². The van der Waals surface area contributed by atoms with E-state index in [0.717, 1.165) is 18.6 Å². The van der Waals surface area contributed by atoms with Crippen LogP contribution in [-0.2, 0) is 11.3 Å². The van der Waals surface area contributed by atoms with E-state index in [-0.39, 0.29) is 12.1 Å². The standard InChI is InChI=1S/C19H25N5O3S2/c1-2-26-19(25)23-9-7-15(8-10-23)24-17(20-21-22-24)13-27-16-5-3-14(4-6-16)18-28-11-12-29-18/h3-6,15,18H,2,7-13H2,1H3. The monoisotopic (exact) mass is 435 g/mol. The van der Waals surface area contributed by atoms with Gasteiger partial charge in [-0.05, 0) is 47.9 Å². The number of piperidine rings is 1. The van der Waals surface area contributed by atoms with E-state index < -0.39 is 0 Å². The van der Waals surface area contributed by atoms with Gasteiger partial charge in [-0.3, -0.25) is 0 Å². The highest BCUT2D eigenvalue weighted by molar-refractivity contribution is 8.19. The average Bonchev–Trinajstić information content (AvgIpc) is 3.45. The summed E-state index contributed by atoms with van der Waals surface area (Å²) in [6.07, 6.45) is 1.34. The summed E-state index contributed by atoms with van der Waals surface area (Å²) in [7, 11) is 0. The van der Waals surface area contributed by atoms with Gasteiger partial charge >= 0.3 is 6.09 Å². The number of amides is 1. The summed E-state index contributed by atoms with van der Waals surface area (Å²) in [5.74, 6) is 3.95. The van der Waals surface area contributed by atoms with Gasteiger partial charge in [0.05, 0.1) is 17.2 Å². The lowest BCUT2D eigenvalue weighted by Crippen LogP contribution is -2.39. The minimum atomic E-state index is -0.246. The molecule has 0 radical (unpaired) electrons. The Labute approximate surface area is 178 Å². The van der Waals surface area contributed by atoms with Crippen LogP contribution in [0.25, 0.3) is 0 Å². The Bertz CT molecular complexity index is 802. The molecule has 0 N–H and O–H groups in total. The number of rotatable bonds is 6. The molecule has 4 rings (SSSR count). The number of nitrogens with zero attached hydrogens (tertiary/aromatic N) is 5. The second-order valence-electron chi connectivity index (χ2n) is 6.89. The first-order valence-electron chi connectivity index (χ1n) is 9.89. The van der Waals surface area contributed by atoms with Crippen molar-refractivity contribution in [3.8, 4) is 5.75 Å². The number of aromatic nitrogens is 4. The van der Waals surface area contributed by atoms with Crippen LogP contribution in [0.1, 0.15) is 41.8 Å². The molecule has 2 aliphatic heterocycles. The second-order valence-corrected chi connectivity index (χ2v) is 9.61. The Morgan fingerprint density at radius 3 is 2.59 bits per heavy atom. The van der Waals surface area contributed by atoms with Crippen LogP contribution < -0.4 is 4.74 Å². The van der Waals surface area contributed by atoms with Gasteiger partial charge in [-0.2, -0.15) is 0 Å². The molecule has 1 aromatic carbocycles. The Morgan fingerprint density at radius 2 is 1.90 bits per heavy atom. The number of tetrazole rings is 1. The summed E-state index contributed by atoms with van der Waals surface area (Å²) < 4.78 is 13.4. The topological polar surface area (TPSA) is 82.4 Å². The van der Waals surface area contributed by atoms with Crippen LogP contribution in [0.15, 0.2) is 24.3 Å². The fourth-order valence-corrected chi connectivity index (χ4v) is 6.38. The molecule has 0 unspecified atom stereocenters. The molecule has 2 aromatic rings.